The summed E-state index contributed by atoms with van der Waals surface area (Å²) >= 11 is 0. The van der Waals surface area contributed by atoms with E-state index in [0.29, 0.717) is 6.42 Å². The number of hydrogen-bond donors (Lipinski definition) is 0. The molecular formula is C20H24O2. The van der Waals surface area contributed by atoms with Gasteiger partial charge in [0.2, 0.25) is 0 Å². The van der Waals surface area contributed by atoms with Crippen LogP contribution in [0.5, 0.6) is 5.75 Å². The molecule has 1 unspecified atom stereocenters. The van der Waals surface area contributed by atoms with Gasteiger partial charge in [-0.15, -0.1) is 0 Å². The van der Waals surface area contributed by atoms with Crippen molar-refractivity contribution in [3.8, 4) is 5.75 Å². The number of carbonyl (C=O) groups is 1. The largest absolute Gasteiger partial charge is 0.497 e. The van der Waals surface area contributed by atoms with Gasteiger partial charge in [0.05, 0.1) is 7.11 Å². The number of methoxy groups -OCH3 is 1. The molecule has 0 spiro atoms. The lowest BCUT2D eigenvalue weighted by Crippen LogP contribution is -2.21. The van der Waals surface area contributed by atoms with E-state index >= 15 is 0 Å². The molecule has 2 aromatic carbocycles. The Kier molecular flexibility index (Phi) is 5.02. The standard InChI is InChI=1S/C20H24O2/c1-20(2,3)18(15-8-6-5-7-9-15)14-19(21)16-10-12-17(22-4)13-11-16/h5-13,18H,14H2,1-4H3. The maximum atomic E-state index is 12.6. The highest BCUT2D eigenvalue weighted by Crippen LogP contribution is 2.38. The predicted octanol–water partition coefficient (Wildman–Crippen LogP) is 5.10. The predicted molar refractivity (Wildman–Crippen MR) is 90.6 cm³/mol. The molecule has 0 amide bonds. The second-order valence-electron chi connectivity index (χ2n) is 6.69. The van der Waals surface area contributed by atoms with Gasteiger partial charge in [0.1, 0.15) is 5.75 Å². The number of ether oxygens (including phenoxy) is 1. The lowest BCUT2D eigenvalue weighted by Gasteiger charge is -2.31. The SMILES string of the molecule is COc1ccc(C(=O)CC(c2ccccc2)C(C)(C)C)cc1. The van der Waals surface area contributed by atoms with Gasteiger partial charge in [-0.1, -0.05) is 51.1 Å². The fourth-order valence-corrected chi connectivity index (χ4v) is 2.69. The van der Waals surface area contributed by atoms with Crippen molar-refractivity contribution in [2.24, 2.45) is 5.41 Å². The summed E-state index contributed by atoms with van der Waals surface area (Å²) in [6, 6.07) is 17.6. The summed E-state index contributed by atoms with van der Waals surface area (Å²) in [5, 5.41) is 0. The van der Waals surface area contributed by atoms with E-state index in [1.807, 2.05) is 42.5 Å². The van der Waals surface area contributed by atoms with Crippen molar-refractivity contribution in [3.05, 3.63) is 65.7 Å². The average Bonchev–Trinajstić information content (AvgIpc) is 2.52. The van der Waals surface area contributed by atoms with E-state index in [1.54, 1.807) is 7.11 Å². The molecule has 2 aromatic rings. The molecule has 1 atom stereocenters. The van der Waals surface area contributed by atoms with E-state index in [2.05, 4.69) is 32.9 Å². The second-order valence-corrected chi connectivity index (χ2v) is 6.69. The zero-order valence-corrected chi connectivity index (χ0v) is 13.8. The third kappa shape index (κ3) is 3.97. The highest BCUT2D eigenvalue weighted by atomic mass is 16.5. The number of rotatable bonds is 5. The van der Waals surface area contributed by atoms with Crippen molar-refractivity contribution in [2.75, 3.05) is 7.11 Å². The third-order valence-electron chi connectivity index (χ3n) is 4.05. The van der Waals surface area contributed by atoms with Crippen LogP contribution in [0.3, 0.4) is 0 Å². The Morgan fingerprint density at radius 2 is 1.59 bits per heavy atom. The fourth-order valence-electron chi connectivity index (χ4n) is 2.69. The summed E-state index contributed by atoms with van der Waals surface area (Å²) in [5.41, 5.74) is 1.99. The summed E-state index contributed by atoms with van der Waals surface area (Å²) in [6.07, 6.45) is 0.514. The van der Waals surface area contributed by atoms with Crippen LogP contribution in [0, 0.1) is 5.41 Å². The van der Waals surface area contributed by atoms with E-state index in [0.717, 1.165) is 11.3 Å². The summed E-state index contributed by atoms with van der Waals surface area (Å²) in [7, 11) is 1.63. The molecule has 0 saturated heterocycles. The first kappa shape index (κ1) is 16.3. The van der Waals surface area contributed by atoms with Gasteiger partial charge in [-0.3, -0.25) is 4.79 Å². The van der Waals surface area contributed by atoms with Gasteiger partial charge in [-0.2, -0.15) is 0 Å². The normalized spacial score (nSPS) is 12.7. The molecule has 0 aliphatic rings. The highest BCUT2D eigenvalue weighted by molar-refractivity contribution is 5.96. The van der Waals surface area contributed by atoms with Crippen molar-refractivity contribution in [1.29, 1.82) is 0 Å². The van der Waals surface area contributed by atoms with Crippen molar-refractivity contribution in [1.82, 2.24) is 0 Å². The van der Waals surface area contributed by atoms with Crippen LogP contribution in [-0.2, 0) is 0 Å². The van der Waals surface area contributed by atoms with Crippen LogP contribution in [0.25, 0.3) is 0 Å². The van der Waals surface area contributed by atoms with Crippen LogP contribution in [0.4, 0.5) is 0 Å². The van der Waals surface area contributed by atoms with Crippen LogP contribution < -0.4 is 4.74 Å². The van der Waals surface area contributed by atoms with E-state index in [4.69, 9.17) is 4.74 Å². The maximum Gasteiger partial charge on any atom is 0.163 e. The van der Waals surface area contributed by atoms with Crippen molar-refractivity contribution in [2.45, 2.75) is 33.1 Å². The Morgan fingerprint density at radius 3 is 2.09 bits per heavy atom. The number of carbonyl (C=O) groups excluding carboxylic acids is 1. The van der Waals surface area contributed by atoms with Gasteiger partial charge in [0.15, 0.2) is 5.78 Å². The molecule has 2 rings (SSSR count). The first-order valence-electron chi connectivity index (χ1n) is 7.64. The topological polar surface area (TPSA) is 26.3 Å². The molecule has 0 aliphatic heterocycles. The fraction of sp³-hybridized carbons (Fsp3) is 0.350. The Labute approximate surface area is 133 Å². The number of Topliss-reactive ketones (excluding diaryl/α,β-unsaturated/α-hetero) is 1. The zero-order chi connectivity index (χ0) is 16.2. The third-order valence-corrected chi connectivity index (χ3v) is 4.05. The Morgan fingerprint density at radius 1 is 1.00 bits per heavy atom. The van der Waals surface area contributed by atoms with Gasteiger partial charge in [0.25, 0.3) is 0 Å². The highest BCUT2D eigenvalue weighted by Gasteiger charge is 2.28. The lowest BCUT2D eigenvalue weighted by atomic mass is 9.73. The molecule has 0 radical (unpaired) electrons. The number of hydrogen-bond acceptors (Lipinski definition) is 2. The Balaban J connectivity index is 2.21. The van der Waals surface area contributed by atoms with Crippen LogP contribution in [0.15, 0.2) is 54.6 Å². The molecule has 2 nitrogen and oxygen atoms in total. The van der Waals surface area contributed by atoms with Crippen molar-refractivity contribution in [3.63, 3.8) is 0 Å². The minimum atomic E-state index is 0.0312. The van der Waals surface area contributed by atoms with E-state index < -0.39 is 0 Å². The monoisotopic (exact) mass is 296 g/mol. The molecule has 0 heterocycles. The van der Waals surface area contributed by atoms with Crippen molar-refractivity contribution < 1.29 is 9.53 Å². The van der Waals surface area contributed by atoms with Gasteiger partial charge in [0, 0.05) is 12.0 Å². The van der Waals surface area contributed by atoms with E-state index in [-0.39, 0.29) is 17.1 Å². The molecule has 22 heavy (non-hydrogen) atoms. The van der Waals surface area contributed by atoms with Crippen LogP contribution >= 0.6 is 0 Å². The van der Waals surface area contributed by atoms with E-state index in [9.17, 15) is 4.79 Å². The molecule has 0 aromatic heterocycles. The maximum absolute atomic E-state index is 12.6. The lowest BCUT2D eigenvalue weighted by molar-refractivity contribution is 0.0951. The molecule has 0 saturated carbocycles. The molecule has 116 valence electrons. The summed E-state index contributed by atoms with van der Waals surface area (Å²) in [6.45, 7) is 6.56. The number of ketones is 1. The van der Waals surface area contributed by atoms with Gasteiger partial charge >= 0.3 is 0 Å². The first-order chi connectivity index (χ1) is 10.4. The summed E-state index contributed by atoms with van der Waals surface area (Å²) in [4.78, 5) is 12.6. The quantitative estimate of drug-likeness (QED) is 0.718. The Hall–Kier alpha value is -2.09. The van der Waals surface area contributed by atoms with Gasteiger partial charge < -0.3 is 4.74 Å². The molecule has 0 bridgehead atoms. The van der Waals surface area contributed by atoms with Crippen LogP contribution in [-0.4, -0.2) is 12.9 Å². The first-order valence-corrected chi connectivity index (χ1v) is 7.64. The zero-order valence-electron chi connectivity index (χ0n) is 13.8. The smallest absolute Gasteiger partial charge is 0.163 e. The van der Waals surface area contributed by atoms with Gasteiger partial charge in [-0.05, 0) is 41.2 Å². The summed E-state index contributed by atoms with van der Waals surface area (Å²) < 4.78 is 5.14. The molecule has 0 fully saturated rings. The molecule has 0 aliphatic carbocycles. The Bertz CT molecular complexity index is 606. The second kappa shape index (κ2) is 6.78. The molecule has 2 heteroatoms. The average molecular weight is 296 g/mol. The summed E-state index contributed by atoms with van der Waals surface area (Å²) in [5.74, 6) is 1.14. The minimum Gasteiger partial charge on any atom is -0.497 e. The van der Waals surface area contributed by atoms with Crippen LogP contribution in [0.2, 0.25) is 0 Å². The molecular weight excluding hydrogens is 272 g/mol. The number of benzene rings is 2. The van der Waals surface area contributed by atoms with Crippen molar-refractivity contribution >= 4 is 5.78 Å². The van der Waals surface area contributed by atoms with E-state index in [1.165, 1.54) is 5.56 Å². The van der Waals surface area contributed by atoms with Gasteiger partial charge in [-0.25, -0.2) is 0 Å². The minimum absolute atomic E-state index is 0.0312. The molecule has 0 N–H and O–H groups in total. The van der Waals surface area contributed by atoms with Crippen LogP contribution in [0.1, 0.15) is 49.0 Å².